The lowest BCUT2D eigenvalue weighted by atomic mass is 9.91. The van der Waals surface area contributed by atoms with Gasteiger partial charge in [-0.2, -0.15) is 0 Å². The van der Waals surface area contributed by atoms with Gasteiger partial charge in [0.05, 0.1) is 6.54 Å². The van der Waals surface area contributed by atoms with Gasteiger partial charge in [0.25, 0.3) is 0 Å². The van der Waals surface area contributed by atoms with Crippen molar-refractivity contribution in [3.05, 3.63) is 59.7 Å². The van der Waals surface area contributed by atoms with Crippen LogP contribution in [-0.4, -0.2) is 45.8 Å². The van der Waals surface area contributed by atoms with E-state index >= 15 is 0 Å². The number of fused-ring (bicyclic) bond motifs is 1. The summed E-state index contributed by atoms with van der Waals surface area (Å²) in [4.78, 5) is 29.9. The lowest BCUT2D eigenvalue weighted by molar-refractivity contribution is -0.143. The minimum Gasteiger partial charge on any atom is -0.348 e. The standard InChI is InChI=1S/C25H34FN3O2/c1-18(2)16-28(22(30)15-25(3,4)5)17-23(31)29-14-13-27-12-8-11-21(27)24(29)19-9-6-7-10-20(19)26/h6-12,18,24H,13-17H2,1-5H3/t24-/m1/s1. The summed E-state index contributed by atoms with van der Waals surface area (Å²) in [6.45, 7) is 11.8. The van der Waals surface area contributed by atoms with E-state index in [2.05, 4.69) is 4.57 Å². The number of aromatic nitrogens is 1. The van der Waals surface area contributed by atoms with Gasteiger partial charge in [-0.3, -0.25) is 9.59 Å². The molecule has 3 rings (SSSR count). The van der Waals surface area contributed by atoms with E-state index in [1.807, 2.05) is 52.9 Å². The van der Waals surface area contributed by atoms with E-state index in [4.69, 9.17) is 0 Å². The van der Waals surface area contributed by atoms with Crippen LogP contribution in [0.15, 0.2) is 42.6 Å². The highest BCUT2D eigenvalue weighted by Gasteiger charge is 2.35. The van der Waals surface area contributed by atoms with E-state index < -0.39 is 6.04 Å². The molecule has 1 aliphatic rings. The minimum absolute atomic E-state index is 0.0127. The first-order chi connectivity index (χ1) is 14.6. The molecule has 0 radical (unpaired) electrons. The maximum absolute atomic E-state index is 14.7. The molecule has 1 aromatic carbocycles. The third-order valence-electron chi connectivity index (χ3n) is 5.50. The Bertz CT molecular complexity index is 929. The molecule has 2 aromatic rings. The summed E-state index contributed by atoms with van der Waals surface area (Å²) in [7, 11) is 0. The molecule has 6 heteroatoms. The van der Waals surface area contributed by atoms with Crippen molar-refractivity contribution in [1.82, 2.24) is 14.4 Å². The average molecular weight is 428 g/mol. The lowest BCUT2D eigenvalue weighted by Gasteiger charge is -2.39. The third kappa shape index (κ3) is 5.54. The van der Waals surface area contributed by atoms with Gasteiger partial charge in [0.1, 0.15) is 11.9 Å². The average Bonchev–Trinajstić information content (AvgIpc) is 3.14. The predicted molar refractivity (Wildman–Crippen MR) is 120 cm³/mol. The predicted octanol–water partition coefficient (Wildman–Crippen LogP) is 4.48. The number of rotatable bonds is 6. The Morgan fingerprint density at radius 3 is 2.48 bits per heavy atom. The van der Waals surface area contributed by atoms with Crippen LogP contribution in [-0.2, 0) is 16.1 Å². The largest absolute Gasteiger partial charge is 0.348 e. The smallest absolute Gasteiger partial charge is 0.243 e. The lowest BCUT2D eigenvalue weighted by Crippen LogP contribution is -2.49. The Morgan fingerprint density at radius 2 is 1.84 bits per heavy atom. The molecule has 168 valence electrons. The van der Waals surface area contributed by atoms with E-state index in [9.17, 15) is 14.0 Å². The molecule has 0 fully saturated rings. The van der Waals surface area contributed by atoms with Crippen molar-refractivity contribution in [2.75, 3.05) is 19.6 Å². The van der Waals surface area contributed by atoms with E-state index in [1.54, 1.807) is 28.0 Å². The molecule has 1 atom stereocenters. The summed E-state index contributed by atoms with van der Waals surface area (Å²) in [5.41, 5.74) is 1.21. The number of nitrogens with zero attached hydrogens (tertiary/aromatic N) is 3. The zero-order chi connectivity index (χ0) is 22.8. The Kier molecular flexibility index (Phi) is 6.87. The van der Waals surface area contributed by atoms with E-state index in [0.717, 1.165) is 5.69 Å². The molecule has 0 aliphatic carbocycles. The highest BCUT2D eigenvalue weighted by Crippen LogP contribution is 2.34. The van der Waals surface area contributed by atoms with Gasteiger partial charge >= 0.3 is 0 Å². The Balaban J connectivity index is 1.89. The summed E-state index contributed by atoms with van der Waals surface area (Å²) in [5, 5.41) is 0. The van der Waals surface area contributed by atoms with Crippen LogP contribution in [0.2, 0.25) is 0 Å². The molecular formula is C25H34FN3O2. The molecule has 1 aromatic heterocycles. The number of halogens is 1. The van der Waals surface area contributed by atoms with Crippen molar-refractivity contribution < 1.29 is 14.0 Å². The highest BCUT2D eigenvalue weighted by molar-refractivity contribution is 5.85. The van der Waals surface area contributed by atoms with Crippen LogP contribution in [0.3, 0.4) is 0 Å². The minimum atomic E-state index is -0.504. The molecule has 0 saturated heterocycles. The highest BCUT2D eigenvalue weighted by atomic mass is 19.1. The molecule has 0 saturated carbocycles. The van der Waals surface area contributed by atoms with Crippen LogP contribution in [0.4, 0.5) is 4.39 Å². The first kappa shape index (κ1) is 23.0. The normalized spacial score (nSPS) is 16.4. The summed E-state index contributed by atoms with van der Waals surface area (Å²) in [6.07, 6.45) is 2.34. The molecule has 0 spiro atoms. The second-order valence-corrected chi connectivity index (χ2v) is 10.0. The number of carbonyl (C=O) groups is 2. The molecule has 2 amide bonds. The van der Waals surface area contributed by atoms with Gasteiger partial charge in [-0.05, 0) is 29.5 Å². The SMILES string of the molecule is CC(C)CN(CC(=O)N1CCn2cccc2[C@H]1c1ccccc1F)C(=O)CC(C)(C)C. The fourth-order valence-electron chi connectivity index (χ4n) is 4.19. The second-order valence-electron chi connectivity index (χ2n) is 10.0. The number of hydrogen-bond acceptors (Lipinski definition) is 2. The maximum Gasteiger partial charge on any atom is 0.243 e. The summed E-state index contributed by atoms with van der Waals surface area (Å²) in [6, 6.07) is 9.97. The van der Waals surface area contributed by atoms with Crippen LogP contribution in [0.1, 0.15) is 58.3 Å². The van der Waals surface area contributed by atoms with Gasteiger partial charge in [-0.1, -0.05) is 52.8 Å². The van der Waals surface area contributed by atoms with Crippen molar-refractivity contribution in [2.45, 2.75) is 53.6 Å². The fourth-order valence-corrected chi connectivity index (χ4v) is 4.19. The molecule has 1 aliphatic heterocycles. The number of carbonyl (C=O) groups excluding carboxylic acids is 2. The first-order valence-electron chi connectivity index (χ1n) is 11.0. The van der Waals surface area contributed by atoms with Crippen molar-refractivity contribution in [3.63, 3.8) is 0 Å². The van der Waals surface area contributed by atoms with Crippen LogP contribution in [0, 0.1) is 17.2 Å². The van der Waals surface area contributed by atoms with Crippen LogP contribution in [0.25, 0.3) is 0 Å². The second kappa shape index (κ2) is 9.25. The number of hydrogen-bond donors (Lipinski definition) is 0. The quantitative estimate of drug-likeness (QED) is 0.682. The molecule has 0 N–H and O–H groups in total. The van der Waals surface area contributed by atoms with Gasteiger partial charge in [-0.15, -0.1) is 0 Å². The van der Waals surface area contributed by atoms with Crippen LogP contribution >= 0.6 is 0 Å². The monoisotopic (exact) mass is 427 g/mol. The van der Waals surface area contributed by atoms with Gasteiger partial charge in [0.2, 0.25) is 11.8 Å². The van der Waals surface area contributed by atoms with Crippen LogP contribution in [0.5, 0.6) is 0 Å². The van der Waals surface area contributed by atoms with Crippen molar-refractivity contribution in [1.29, 1.82) is 0 Å². The van der Waals surface area contributed by atoms with Crippen molar-refractivity contribution >= 4 is 11.8 Å². The zero-order valence-corrected chi connectivity index (χ0v) is 19.3. The van der Waals surface area contributed by atoms with E-state index in [-0.39, 0.29) is 35.5 Å². The van der Waals surface area contributed by atoms with Gasteiger partial charge in [0, 0.05) is 43.5 Å². The third-order valence-corrected chi connectivity index (χ3v) is 5.50. The summed E-state index contributed by atoms with van der Waals surface area (Å²) >= 11 is 0. The first-order valence-corrected chi connectivity index (χ1v) is 11.0. The van der Waals surface area contributed by atoms with E-state index in [1.165, 1.54) is 6.07 Å². The molecule has 0 bridgehead atoms. The summed E-state index contributed by atoms with van der Waals surface area (Å²) in [5.74, 6) is -0.249. The summed E-state index contributed by atoms with van der Waals surface area (Å²) < 4.78 is 16.8. The molecule has 31 heavy (non-hydrogen) atoms. The van der Waals surface area contributed by atoms with Gasteiger partial charge in [0.15, 0.2) is 0 Å². The zero-order valence-electron chi connectivity index (χ0n) is 19.3. The molecule has 5 nitrogen and oxygen atoms in total. The maximum atomic E-state index is 14.7. The Hall–Kier alpha value is -2.63. The number of amides is 2. The van der Waals surface area contributed by atoms with Crippen molar-refractivity contribution in [2.24, 2.45) is 11.3 Å². The molecular weight excluding hydrogens is 393 g/mol. The Morgan fingerprint density at radius 1 is 1.13 bits per heavy atom. The molecule has 2 heterocycles. The fraction of sp³-hybridized carbons (Fsp3) is 0.520. The van der Waals surface area contributed by atoms with E-state index in [0.29, 0.717) is 31.6 Å². The topological polar surface area (TPSA) is 45.6 Å². The molecule has 0 unspecified atom stereocenters. The van der Waals surface area contributed by atoms with Gasteiger partial charge in [-0.25, -0.2) is 4.39 Å². The Labute approximate surface area is 184 Å². The van der Waals surface area contributed by atoms with Crippen LogP contribution < -0.4 is 0 Å². The van der Waals surface area contributed by atoms with Crippen molar-refractivity contribution in [3.8, 4) is 0 Å². The number of benzene rings is 1. The van der Waals surface area contributed by atoms with Gasteiger partial charge < -0.3 is 14.4 Å².